The van der Waals surface area contributed by atoms with Crippen molar-refractivity contribution in [2.45, 2.75) is 48.9 Å². The third-order valence-electron chi connectivity index (χ3n) is 4.39. The van der Waals surface area contributed by atoms with Crippen LogP contribution in [0.15, 0.2) is 53.4 Å². The van der Waals surface area contributed by atoms with Crippen molar-refractivity contribution >= 4 is 11.8 Å². The van der Waals surface area contributed by atoms with Crippen molar-refractivity contribution in [2.24, 2.45) is 0 Å². The Labute approximate surface area is 137 Å². The summed E-state index contributed by atoms with van der Waals surface area (Å²) >= 11 is 1.90. The van der Waals surface area contributed by atoms with Crippen LogP contribution in [0, 0.1) is 0 Å². The van der Waals surface area contributed by atoms with E-state index < -0.39 is 0 Å². The van der Waals surface area contributed by atoms with Crippen LogP contribution in [0.4, 0.5) is 0 Å². The molecule has 0 aromatic heterocycles. The third-order valence-corrected chi connectivity index (χ3v) is 5.96. The molecule has 1 heterocycles. The first kappa shape index (κ1) is 15.4. The van der Waals surface area contributed by atoms with Crippen molar-refractivity contribution in [1.82, 2.24) is 5.32 Å². The molecule has 22 heavy (non-hydrogen) atoms. The second-order valence-electron chi connectivity index (χ2n) is 5.81. The molecule has 2 N–H and O–H groups in total. The number of thioether (sulfide) groups is 1. The fourth-order valence-corrected chi connectivity index (χ4v) is 4.63. The lowest BCUT2D eigenvalue weighted by molar-refractivity contribution is 0.442. The Morgan fingerprint density at radius 1 is 1.05 bits per heavy atom. The van der Waals surface area contributed by atoms with E-state index in [0.29, 0.717) is 17.0 Å². The number of hydrogen-bond donors (Lipinski definition) is 2. The van der Waals surface area contributed by atoms with E-state index in [-0.39, 0.29) is 6.04 Å². The highest BCUT2D eigenvalue weighted by Gasteiger charge is 2.30. The summed E-state index contributed by atoms with van der Waals surface area (Å²) in [6.45, 7) is 4.49. The molecule has 3 atom stereocenters. The Kier molecular flexibility index (Phi) is 4.74. The molecule has 2 aromatic rings. The summed E-state index contributed by atoms with van der Waals surface area (Å²) in [6.07, 6.45) is 2.22. The average molecular weight is 313 g/mol. The van der Waals surface area contributed by atoms with E-state index in [2.05, 4.69) is 55.6 Å². The SMILES string of the molecule is CCC1NC(c2ccccc2)c2ccc(O)cc2SC1CC. The van der Waals surface area contributed by atoms with Gasteiger partial charge in [-0.3, -0.25) is 0 Å². The highest BCUT2D eigenvalue weighted by molar-refractivity contribution is 8.00. The fourth-order valence-electron chi connectivity index (χ4n) is 3.19. The Morgan fingerprint density at radius 3 is 2.50 bits per heavy atom. The van der Waals surface area contributed by atoms with E-state index in [4.69, 9.17) is 0 Å². The maximum absolute atomic E-state index is 9.89. The molecular formula is C19H23NOS. The van der Waals surface area contributed by atoms with Crippen LogP contribution in [0.25, 0.3) is 0 Å². The monoisotopic (exact) mass is 313 g/mol. The highest BCUT2D eigenvalue weighted by Crippen LogP contribution is 2.41. The number of nitrogens with one attached hydrogen (secondary N) is 1. The Bertz CT molecular complexity index is 629. The van der Waals surface area contributed by atoms with Gasteiger partial charge in [0, 0.05) is 16.2 Å². The normalized spacial score (nSPS) is 24.5. The van der Waals surface area contributed by atoms with Crippen molar-refractivity contribution in [3.8, 4) is 5.75 Å². The quantitative estimate of drug-likeness (QED) is 0.859. The summed E-state index contributed by atoms with van der Waals surface area (Å²) in [7, 11) is 0. The molecule has 0 spiro atoms. The van der Waals surface area contributed by atoms with E-state index in [9.17, 15) is 5.11 Å². The molecule has 0 bridgehead atoms. The molecule has 2 aromatic carbocycles. The summed E-state index contributed by atoms with van der Waals surface area (Å²) in [5.74, 6) is 0.350. The van der Waals surface area contributed by atoms with Crippen LogP contribution in [0.2, 0.25) is 0 Å². The number of hydrogen-bond acceptors (Lipinski definition) is 3. The number of aromatic hydroxyl groups is 1. The second kappa shape index (κ2) is 6.76. The molecular weight excluding hydrogens is 290 g/mol. The van der Waals surface area contributed by atoms with Gasteiger partial charge in [0.2, 0.25) is 0 Å². The summed E-state index contributed by atoms with van der Waals surface area (Å²) in [5.41, 5.74) is 2.55. The first-order valence-corrected chi connectivity index (χ1v) is 8.91. The van der Waals surface area contributed by atoms with Gasteiger partial charge in [0.25, 0.3) is 0 Å². The lowest BCUT2D eigenvalue weighted by atomic mass is 9.96. The van der Waals surface area contributed by atoms with Crippen LogP contribution in [0.5, 0.6) is 5.75 Å². The summed E-state index contributed by atoms with van der Waals surface area (Å²) in [6, 6.07) is 17.0. The van der Waals surface area contributed by atoms with Crippen molar-refractivity contribution < 1.29 is 5.11 Å². The number of benzene rings is 2. The van der Waals surface area contributed by atoms with Gasteiger partial charge in [-0.2, -0.15) is 0 Å². The predicted octanol–water partition coefficient (Wildman–Crippen LogP) is 4.73. The van der Waals surface area contributed by atoms with Gasteiger partial charge in [-0.25, -0.2) is 0 Å². The van der Waals surface area contributed by atoms with Crippen molar-refractivity contribution in [1.29, 1.82) is 0 Å². The number of rotatable bonds is 3. The van der Waals surface area contributed by atoms with Crippen molar-refractivity contribution in [2.75, 3.05) is 0 Å². The van der Waals surface area contributed by atoms with Gasteiger partial charge in [-0.05, 0) is 36.1 Å². The van der Waals surface area contributed by atoms with Crippen LogP contribution in [0.1, 0.15) is 43.9 Å². The van der Waals surface area contributed by atoms with Gasteiger partial charge in [-0.1, -0.05) is 50.2 Å². The first-order valence-electron chi connectivity index (χ1n) is 8.03. The first-order chi connectivity index (χ1) is 10.7. The van der Waals surface area contributed by atoms with Gasteiger partial charge in [-0.15, -0.1) is 11.8 Å². The van der Waals surface area contributed by atoms with Crippen LogP contribution in [-0.4, -0.2) is 16.4 Å². The molecule has 1 aliphatic heterocycles. The Balaban J connectivity index is 2.08. The highest BCUT2D eigenvalue weighted by atomic mass is 32.2. The predicted molar refractivity (Wildman–Crippen MR) is 93.5 cm³/mol. The maximum Gasteiger partial charge on any atom is 0.116 e. The third kappa shape index (κ3) is 3.01. The Morgan fingerprint density at radius 2 is 1.82 bits per heavy atom. The topological polar surface area (TPSA) is 32.3 Å². The van der Waals surface area contributed by atoms with Gasteiger partial charge >= 0.3 is 0 Å². The van der Waals surface area contributed by atoms with Gasteiger partial charge < -0.3 is 10.4 Å². The largest absolute Gasteiger partial charge is 0.508 e. The minimum Gasteiger partial charge on any atom is -0.508 e. The summed E-state index contributed by atoms with van der Waals surface area (Å²) in [4.78, 5) is 1.20. The lowest BCUT2D eigenvalue weighted by Gasteiger charge is -2.27. The second-order valence-corrected chi connectivity index (χ2v) is 7.09. The van der Waals surface area contributed by atoms with Crippen LogP contribution >= 0.6 is 11.8 Å². The number of phenolic OH excluding ortho intramolecular Hbond substituents is 1. The molecule has 3 rings (SSSR count). The maximum atomic E-state index is 9.89. The van der Waals surface area contributed by atoms with Gasteiger partial charge in [0.1, 0.15) is 5.75 Å². The average Bonchev–Trinajstić information content (AvgIpc) is 2.71. The van der Waals surface area contributed by atoms with E-state index in [1.807, 2.05) is 17.8 Å². The molecule has 0 saturated carbocycles. The molecule has 3 heteroatoms. The number of phenols is 1. The van der Waals surface area contributed by atoms with Crippen molar-refractivity contribution in [3.05, 3.63) is 59.7 Å². The summed E-state index contributed by atoms with van der Waals surface area (Å²) < 4.78 is 0. The fraction of sp³-hybridized carbons (Fsp3) is 0.368. The number of fused-ring (bicyclic) bond motifs is 1. The molecule has 0 radical (unpaired) electrons. The van der Waals surface area contributed by atoms with Crippen LogP contribution in [0.3, 0.4) is 0 Å². The lowest BCUT2D eigenvalue weighted by Crippen LogP contribution is -2.38. The zero-order chi connectivity index (χ0) is 15.5. The molecule has 0 fully saturated rings. The van der Waals surface area contributed by atoms with E-state index >= 15 is 0 Å². The molecule has 2 nitrogen and oxygen atoms in total. The summed E-state index contributed by atoms with van der Waals surface area (Å²) in [5, 5.41) is 14.3. The minimum atomic E-state index is 0.186. The standard InChI is InChI=1S/C19H23NOS/c1-3-16-17(4-2)22-18-12-14(21)10-11-15(18)19(20-16)13-8-6-5-7-9-13/h5-12,16-17,19-21H,3-4H2,1-2H3. The minimum absolute atomic E-state index is 0.186. The molecule has 116 valence electrons. The van der Waals surface area contributed by atoms with E-state index in [1.54, 1.807) is 6.07 Å². The van der Waals surface area contributed by atoms with E-state index in [0.717, 1.165) is 12.8 Å². The van der Waals surface area contributed by atoms with E-state index in [1.165, 1.54) is 16.0 Å². The molecule has 1 aliphatic rings. The zero-order valence-electron chi connectivity index (χ0n) is 13.1. The van der Waals surface area contributed by atoms with Gasteiger partial charge in [0.05, 0.1) is 6.04 Å². The van der Waals surface area contributed by atoms with Crippen molar-refractivity contribution in [3.63, 3.8) is 0 Å². The molecule has 0 saturated heterocycles. The smallest absolute Gasteiger partial charge is 0.116 e. The molecule has 3 unspecified atom stereocenters. The zero-order valence-corrected chi connectivity index (χ0v) is 13.9. The van der Waals surface area contributed by atoms with Crippen LogP contribution < -0.4 is 5.32 Å². The molecule has 0 amide bonds. The van der Waals surface area contributed by atoms with Crippen LogP contribution in [-0.2, 0) is 0 Å². The van der Waals surface area contributed by atoms with Gasteiger partial charge in [0.15, 0.2) is 0 Å². The Hall–Kier alpha value is -1.45. The molecule has 0 aliphatic carbocycles.